The molecule has 0 unspecified atom stereocenters. The van der Waals surface area contributed by atoms with E-state index in [1.54, 1.807) is 12.3 Å². The van der Waals surface area contributed by atoms with Crippen LogP contribution in [0.2, 0.25) is 0 Å². The molecule has 1 aliphatic carbocycles. The summed E-state index contributed by atoms with van der Waals surface area (Å²) < 4.78 is 83.3. The van der Waals surface area contributed by atoms with E-state index in [0.717, 1.165) is 65.3 Å². The highest BCUT2D eigenvalue weighted by Gasteiger charge is 2.36. The van der Waals surface area contributed by atoms with Gasteiger partial charge in [-0.1, -0.05) is 38.7 Å². The Morgan fingerprint density at radius 3 is 2.46 bits per heavy atom. The highest BCUT2D eigenvalue weighted by molar-refractivity contribution is 7.89. The fourth-order valence-electron chi connectivity index (χ4n) is 5.76. The maximum atomic E-state index is 15.5. The molecule has 0 radical (unpaired) electrons. The van der Waals surface area contributed by atoms with Gasteiger partial charge in [0.25, 0.3) is 0 Å². The minimum absolute atomic E-state index is 0.0750. The summed E-state index contributed by atoms with van der Waals surface area (Å²) in [5.74, 6) is -0.367. The average Bonchev–Trinajstić information content (AvgIpc) is 3.32. The summed E-state index contributed by atoms with van der Waals surface area (Å²) in [6.45, 7) is 1.35. The van der Waals surface area contributed by atoms with E-state index < -0.39 is 33.5 Å². The van der Waals surface area contributed by atoms with Crippen LogP contribution in [0, 0.1) is 5.82 Å². The van der Waals surface area contributed by atoms with Crippen LogP contribution in [0.3, 0.4) is 0 Å². The van der Waals surface area contributed by atoms with Gasteiger partial charge in [-0.2, -0.15) is 22.5 Å². The second-order valence-electron chi connectivity index (χ2n) is 10.9. The molecule has 0 amide bonds. The number of hydrogen-bond donors (Lipinski definition) is 1. The van der Waals surface area contributed by atoms with E-state index in [9.17, 15) is 21.6 Å². The quantitative estimate of drug-likeness (QED) is 0.248. The van der Waals surface area contributed by atoms with Gasteiger partial charge in [-0.15, -0.1) is 0 Å². The Bertz CT molecular complexity index is 1460. The van der Waals surface area contributed by atoms with Crippen LogP contribution in [-0.2, 0) is 10.0 Å². The summed E-state index contributed by atoms with van der Waals surface area (Å²) in [4.78, 5) is 9.96. The number of anilines is 1. The highest BCUT2D eigenvalue weighted by atomic mass is 32.2. The van der Waals surface area contributed by atoms with E-state index in [-0.39, 0.29) is 32.2 Å². The standard InChI is InChI=1S/C28H36F4N6O2S/c1-2-3-11-33-27-34-17-22-23(18-38(26(22)35-27)21-7-5-4-6-8-21)20-9-10-25(24(29)16-20)41(39,40)37-14-12-36(13-15-37)19-28(30,31)32/h9-10,16-18,21H,2-8,11-15,19H2,1H3,(H,33,34,35). The molecule has 41 heavy (non-hydrogen) atoms. The molecule has 1 N–H and O–H groups in total. The molecule has 1 aliphatic heterocycles. The van der Waals surface area contributed by atoms with Gasteiger partial charge in [0, 0.05) is 62.1 Å². The van der Waals surface area contributed by atoms with Crippen molar-refractivity contribution < 1.29 is 26.0 Å². The van der Waals surface area contributed by atoms with Crippen molar-refractivity contribution in [2.75, 3.05) is 44.6 Å². The second kappa shape index (κ2) is 12.2. The highest BCUT2D eigenvalue weighted by Crippen LogP contribution is 2.37. The SMILES string of the molecule is CCCCNc1ncc2c(-c3ccc(S(=O)(=O)N4CCN(CC(F)(F)F)CC4)c(F)c3)cn(C3CCCCC3)c2n1. The topological polar surface area (TPSA) is 83.4 Å². The average molecular weight is 597 g/mol. The molecule has 3 aromatic rings. The Kier molecular flexibility index (Phi) is 8.86. The molecule has 2 aromatic heterocycles. The molecular formula is C28H36F4N6O2S. The summed E-state index contributed by atoms with van der Waals surface area (Å²) in [7, 11) is -4.22. The molecule has 13 heteroatoms. The van der Waals surface area contributed by atoms with Gasteiger partial charge in [-0.3, -0.25) is 4.90 Å². The van der Waals surface area contributed by atoms with Crippen LogP contribution in [0.15, 0.2) is 35.5 Å². The Morgan fingerprint density at radius 1 is 1.07 bits per heavy atom. The normalized spacial score (nSPS) is 18.3. The third-order valence-corrected chi connectivity index (χ3v) is 9.88. The zero-order chi connectivity index (χ0) is 29.2. The van der Waals surface area contributed by atoms with E-state index in [2.05, 4.69) is 21.8 Å². The molecule has 2 fully saturated rings. The summed E-state index contributed by atoms with van der Waals surface area (Å²) in [5.41, 5.74) is 1.98. The van der Waals surface area contributed by atoms with E-state index in [0.29, 0.717) is 17.1 Å². The van der Waals surface area contributed by atoms with Gasteiger partial charge in [0.1, 0.15) is 16.4 Å². The first kappa shape index (κ1) is 29.7. The van der Waals surface area contributed by atoms with Crippen molar-refractivity contribution in [3.8, 4) is 11.1 Å². The van der Waals surface area contributed by atoms with Crippen molar-refractivity contribution in [1.82, 2.24) is 23.7 Å². The molecule has 1 saturated carbocycles. The first-order chi connectivity index (χ1) is 19.6. The molecule has 224 valence electrons. The number of nitrogens with one attached hydrogen (secondary N) is 1. The van der Waals surface area contributed by atoms with E-state index in [1.807, 2.05) is 6.20 Å². The molecule has 3 heterocycles. The lowest BCUT2D eigenvalue weighted by atomic mass is 9.95. The molecule has 0 bridgehead atoms. The Hall–Kier alpha value is -2.77. The van der Waals surface area contributed by atoms with E-state index >= 15 is 4.39 Å². The fourth-order valence-corrected chi connectivity index (χ4v) is 7.22. The third-order valence-electron chi connectivity index (χ3n) is 7.95. The van der Waals surface area contributed by atoms with Gasteiger partial charge in [-0.25, -0.2) is 17.8 Å². The minimum atomic E-state index is -4.36. The van der Waals surface area contributed by atoms with Gasteiger partial charge >= 0.3 is 6.18 Å². The zero-order valence-electron chi connectivity index (χ0n) is 23.1. The first-order valence-corrected chi connectivity index (χ1v) is 15.7. The van der Waals surface area contributed by atoms with Gasteiger partial charge in [0.05, 0.1) is 6.54 Å². The number of hydrogen-bond acceptors (Lipinski definition) is 6. The Morgan fingerprint density at radius 2 is 1.80 bits per heavy atom. The van der Waals surface area contributed by atoms with E-state index in [4.69, 9.17) is 4.98 Å². The number of nitrogens with zero attached hydrogens (tertiary/aromatic N) is 5. The van der Waals surface area contributed by atoms with E-state index in [1.165, 1.54) is 18.6 Å². The van der Waals surface area contributed by atoms with Gasteiger partial charge in [0.2, 0.25) is 16.0 Å². The lowest BCUT2D eigenvalue weighted by Gasteiger charge is -2.34. The van der Waals surface area contributed by atoms with Crippen molar-refractivity contribution in [2.45, 2.75) is 69.0 Å². The lowest BCUT2D eigenvalue weighted by Crippen LogP contribution is -2.50. The van der Waals surface area contributed by atoms with Crippen LogP contribution < -0.4 is 5.32 Å². The number of piperazine rings is 1. The maximum absolute atomic E-state index is 15.5. The number of rotatable bonds is 9. The van der Waals surface area contributed by atoms with Crippen LogP contribution in [0.5, 0.6) is 0 Å². The van der Waals surface area contributed by atoms with Crippen LogP contribution >= 0.6 is 0 Å². The van der Waals surface area contributed by atoms with Gasteiger partial charge in [-0.05, 0) is 37.0 Å². The summed E-state index contributed by atoms with van der Waals surface area (Å²) >= 11 is 0. The number of fused-ring (bicyclic) bond motifs is 1. The molecule has 1 aromatic carbocycles. The van der Waals surface area contributed by atoms with Crippen LogP contribution in [0.1, 0.15) is 57.9 Å². The molecule has 0 atom stereocenters. The Balaban J connectivity index is 1.43. The largest absolute Gasteiger partial charge is 0.401 e. The van der Waals surface area contributed by atoms with Crippen LogP contribution in [0.25, 0.3) is 22.2 Å². The van der Waals surface area contributed by atoms with Crippen molar-refractivity contribution in [3.63, 3.8) is 0 Å². The molecular weight excluding hydrogens is 560 g/mol. The van der Waals surface area contributed by atoms with Gasteiger partial charge in [0.15, 0.2) is 0 Å². The fraction of sp³-hybridized carbons (Fsp3) is 0.571. The number of alkyl halides is 3. The predicted octanol–water partition coefficient (Wildman–Crippen LogP) is 5.82. The molecule has 0 spiro atoms. The summed E-state index contributed by atoms with van der Waals surface area (Å²) in [6.07, 6.45) is 6.86. The third kappa shape index (κ3) is 6.67. The summed E-state index contributed by atoms with van der Waals surface area (Å²) in [6, 6.07) is 4.29. The van der Waals surface area contributed by atoms with Crippen LogP contribution in [-0.4, -0.2) is 77.6 Å². The Labute approximate surface area is 237 Å². The zero-order valence-corrected chi connectivity index (χ0v) is 23.9. The minimum Gasteiger partial charge on any atom is -0.354 e. The van der Waals surface area contributed by atoms with Crippen molar-refractivity contribution >= 4 is 27.0 Å². The first-order valence-electron chi connectivity index (χ1n) is 14.3. The molecule has 2 aliphatic rings. The van der Waals surface area contributed by atoms with Crippen molar-refractivity contribution in [2.24, 2.45) is 0 Å². The van der Waals surface area contributed by atoms with Crippen molar-refractivity contribution in [3.05, 3.63) is 36.4 Å². The monoisotopic (exact) mass is 596 g/mol. The van der Waals surface area contributed by atoms with Crippen LogP contribution in [0.4, 0.5) is 23.5 Å². The number of halogens is 4. The smallest absolute Gasteiger partial charge is 0.354 e. The molecule has 1 saturated heterocycles. The number of benzene rings is 1. The summed E-state index contributed by atoms with van der Waals surface area (Å²) in [5, 5.41) is 4.03. The molecule has 8 nitrogen and oxygen atoms in total. The molecule has 5 rings (SSSR count). The maximum Gasteiger partial charge on any atom is 0.401 e. The number of unbranched alkanes of at least 4 members (excludes halogenated alkanes) is 1. The van der Waals surface area contributed by atoms with Gasteiger partial charge < -0.3 is 9.88 Å². The van der Waals surface area contributed by atoms with Crippen molar-refractivity contribution in [1.29, 1.82) is 0 Å². The second-order valence-corrected chi connectivity index (χ2v) is 12.8. The lowest BCUT2D eigenvalue weighted by molar-refractivity contribution is -0.148. The number of sulfonamides is 1. The predicted molar refractivity (Wildman–Crippen MR) is 150 cm³/mol. The number of aromatic nitrogens is 3.